The minimum atomic E-state index is -0.146. The van der Waals surface area contributed by atoms with Gasteiger partial charge in [-0.05, 0) is 51.7 Å². The van der Waals surface area contributed by atoms with Crippen molar-refractivity contribution < 1.29 is 4.74 Å². The first-order chi connectivity index (χ1) is 14.8. The summed E-state index contributed by atoms with van der Waals surface area (Å²) in [5, 5.41) is 0.736. The molecule has 2 heterocycles. The first-order valence-corrected chi connectivity index (χ1v) is 11.4. The Morgan fingerprint density at radius 2 is 1.97 bits per heavy atom. The van der Waals surface area contributed by atoms with Crippen LogP contribution in [0.2, 0.25) is 10.0 Å². The summed E-state index contributed by atoms with van der Waals surface area (Å²) in [6.07, 6.45) is 5.18. The van der Waals surface area contributed by atoms with Crippen molar-refractivity contribution in [1.29, 1.82) is 0 Å². The summed E-state index contributed by atoms with van der Waals surface area (Å²) in [7, 11) is 0. The van der Waals surface area contributed by atoms with Crippen molar-refractivity contribution >= 4 is 29.0 Å². The van der Waals surface area contributed by atoms with E-state index >= 15 is 0 Å². The molecular weight excluding hydrogens is 435 g/mol. The minimum Gasteiger partial charge on any atom is -0.373 e. The zero-order chi connectivity index (χ0) is 22.5. The molecule has 1 aliphatic rings. The summed E-state index contributed by atoms with van der Waals surface area (Å²) in [4.78, 5) is 20.3. The lowest BCUT2D eigenvalue weighted by atomic mass is 10.1. The molecule has 2 N–H and O–H groups in total. The zero-order valence-electron chi connectivity index (χ0n) is 18.1. The molecule has 0 radical (unpaired) electrons. The van der Waals surface area contributed by atoms with Gasteiger partial charge in [-0.1, -0.05) is 35.3 Å². The Morgan fingerprint density at radius 1 is 1.23 bits per heavy atom. The van der Waals surface area contributed by atoms with Gasteiger partial charge in [0.05, 0.1) is 27.4 Å². The summed E-state index contributed by atoms with van der Waals surface area (Å²) in [5.74, 6) is 1.28. The quantitative estimate of drug-likeness (QED) is 0.679. The van der Waals surface area contributed by atoms with Crippen molar-refractivity contribution in [2.75, 3.05) is 24.6 Å². The SMILES string of the molecule is C=C[C@@H]1OCCCCN(c2nc(C)n(-c3cccc(Cl)c3Cl)c(=O)c2C)CCC[C@H]1N. The summed E-state index contributed by atoms with van der Waals surface area (Å²) < 4.78 is 7.40. The molecule has 2 aromatic rings. The van der Waals surface area contributed by atoms with Crippen LogP contribution in [0.4, 0.5) is 5.82 Å². The lowest BCUT2D eigenvalue weighted by Gasteiger charge is -2.27. The Morgan fingerprint density at radius 3 is 2.71 bits per heavy atom. The molecule has 2 atom stereocenters. The Labute approximate surface area is 193 Å². The number of halogens is 2. The lowest BCUT2D eigenvalue weighted by Crippen LogP contribution is -2.36. The molecule has 0 amide bonds. The van der Waals surface area contributed by atoms with E-state index in [2.05, 4.69) is 11.5 Å². The minimum absolute atomic E-state index is 0.0915. The molecule has 0 saturated carbocycles. The number of hydrogen-bond donors (Lipinski definition) is 1. The number of aromatic nitrogens is 2. The van der Waals surface area contributed by atoms with Crippen LogP contribution in [0.25, 0.3) is 5.69 Å². The third kappa shape index (κ3) is 5.32. The molecule has 31 heavy (non-hydrogen) atoms. The van der Waals surface area contributed by atoms with E-state index in [-0.39, 0.29) is 17.7 Å². The van der Waals surface area contributed by atoms with Gasteiger partial charge in [-0.15, -0.1) is 6.58 Å². The second-order valence-corrected chi connectivity index (χ2v) is 8.68. The van der Waals surface area contributed by atoms with Crippen LogP contribution >= 0.6 is 23.2 Å². The zero-order valence-corrected chi connectivity index (χ0v) is 19.6. The maximum Gasteiger partial charge on any atom is 0.263 e. The standard InChI is InChI=1S/C23H30Cl2N4O2/c1-4-20-18(26)10-8-13-28(12-5-6-14-31-20)22-15(2)23(30)29(16(3)27-22)19-11-7-9-17(24)21(19)25/h4,7,9,11,18,20H,1,5-6,8,10,12-14,26H2,2-3H3/t18-,20+/m1/s1. The van der Waals surface area contributed by atoms with E-state index in [0.29, 0.717) is 39.5 Å². The Balaban J connectivity index is 1.94. The van der Waals surface area contributed by atoms with Gasteiger partial charge in [0.25, 0.3) is 5.56 Å². The number of hydrogen-bond acceptors (Lipinski definition) is 5. The van der Waals surface area contributed by atoms with Crippen LogP contribution < -0.4 is 16.2 Å². The topological polar surface area (TPSA) is 73.4 Å². The fourth-order valence-corrected chi connectivity index (χ4v) is 4.33. The number of anilines is 1. The molecule has 168 valence electrons. The van der Waals surface area contributed by atoms with E-state index < -0.39 is 0 Å². The van der Waals surface area contributed by atoms with Gasteiger partial charge in [-0.25, -0.2) is 4.98 Å². The van der Waals surface area contributed by atoms with Crippen LogP contribution in [0.15, 0.2) is 35.6 Å². The number of nitrogens with zero attached hydrogens (tertiary/aromatic N) is 3. The van der Waals surface area contributed by atoms with Crippen LogP contribution in [0.5, 0.6) is 0 Å². The van der Waals surface area contributed by atoms with Crippen LogP contribution in [-0.4, -0.2) is 41.4 Å². The van der Waals surface area contributed by atoms with Crippen LogP contribution in [0.3, 0.4) is 0 Å². The molecule has 1 aromatic carbocycles. The highest BCUT2D eigenvalue weighted by atomic mass is 35.5. The fraction of sp³-hybridized carbons (Fsp3) is 0.478. The summed E-state index contributed by atoms with van der Waals surface area (Å²) in [6.45, 7) is 9.67. The average Bonchev–Trinajstić information content (AvgIpc) is 2.78. The predicted octanol–water partition coefficient (Wildman–Crippen LogP) is 4.44. The highest BCUT2D eigenvalue weighted by Gasteiger charge is 2.21. The molecule has 1 fully saturated rings. The normalized spacial score (nSPS) is 20.9. The van der Waals surface area contributed by atoms with Crippen molar-refractivity contribution in [3.63, 3.8) is 0 Å². The third-order valence-corrected chi connectivity index (χ3v) is 6.48. The monoisotopic (exact) mass is 464 g/mol. The molecule has 0 aliphatic carbocycles. The molecule has 0 unspecified atom stereocenters. The van der Waals surface area contributed by atoms with Gasteiger partial charge in [0.2, 0.25) is 0 Å². The number of ether oxygens (including phenoxy) is 1. The Bertz CT molecular complexity index is 992. The summed E-state index contributed by atoms with van der Waals surface area (Å²) in [5.41, 5.74) is 7.27. The van der Waals surface area contributed by atoms with Crippen LogP contribution in [0.1, 0.15) is 37.1 Å². The van der Waals surface area contributed by atoms with Gasteiger partial charge < -0.3 is 15.4 Å². The van der Waals surface area contributed by atoms with E-state index in [4.69, 9.17) is 38.7 Å². The molecular formula is C23H30Cl2N4O2. The summed E-state index contributed by atoms with van der Waals surface area (Å²) in [6, 6.07) is 5.15. The molecule has 1 aliphatic heterocycles. The van der Waals surface area contributed by atoms with E-state index in [0.717, 1.165) is 38.8 Å². The molecule has 6 nitrogen and oxygen atoms in total. The summed E-state index contributed by atoms with van der Waals surface area (Å²) >= 11 is 12.5. The van der Waals surface area contributed by atoms with Crippen molar-refractivity contribution in [2.45, 2.75) is 51.7 Å². The highest BCUT2D eigenvalue weighted by molar-refractivity contribution is 6.43. The van der Waals surface area contributed by atoms with Crippen molar-refractivity contribution in [3.8, 4) is 5.69 Å². The lowest BCUT2D eigenvalue weighted by molar-refractivity contribution is 0.0641. The first kappa shape index (κ1) is 23.8. The predicted molar refractivity (Wildman–Crippen MR) is 128 cm³/mol. The van der Waals surface area contributed by atoms with E-state index in [1.165, 1.54) is 4.57 Å². The van der Waals surface area contributed by atoms with Gasteiger partial charge in [-0.3, -0.25) is 9.36 Å². The van der Waals surface area contributed by atoms with Gasteiger partial charge in [0.1, 0.15) is 11.6 Å². The smallest absolute Gasteiger partial charge is 0.263 e. The number of aryl methyl sites for hydroxylation is 1. The Kier molecular flexibility index (Phi) is 8.17. The molecule has 1 aromatic heterocycles. The fourth-order valence-electron chi connectivity index (χ4n) is 3.95. The number of benzene rings is 1. The molecule has 3 rings (SSSR count). The van der Waals surface area contributed by atoms with Crippen molar-refractivity contribution in [2.24, 2.45) is 5.73 Å². The molecule has 0 bridgehead atoms. The maximum atomic E-state index is 13.3. The largest absolute Gasteiger partial charge is 0.373 e. The van der Waals surface area contributed by atoms with Gasteiger partial charge in [0.15, 0.2) is 0 Å². The molecule has 1 saturated heterocycles. The third-order valence-electron chi connectivity index (χ3n) is 5.67. The van der Waals surface area contributed by atoms with Gasteiger partial charge in [0, 0.05) is 25.7 Å². The van der Waals surface area contributed by atoms with Crippen LogP contribution in [-0.2, 0) is 4.74 Å². The number of nitrogens with two attached hydrogens (primary N) is 1. The van der Waals surface area contributed by atoms with E-state index in [1.807, 2.05) is 13.8 Å². The van der Waals surface area contributed by atoms with Crippen molar-refractivity contribution in [3.05, 3.63) is 62.6 Å². The van der Waals surface area contributed by atoms with E-state index in [9.17, 15) is 4.79 Å². The molecule has 0 spiro atoms. The average molecular weight is 465 g/mol. The van der Waals surface area contributed by atoms with E-state index in [1.54, 1.807) is 24.3 Å². The second-order valence-electron chi connectivity index (χ2n) is 7.89. The number of rotatable bonds is 3. The van der Waals surface area contributed by atoms with Crippen LogP contribution in [0, 0.1) is 13.8 Å². The first-order valence-electron chi connectivity index (χ1n) is 10.6. The Hall–Kier alpha value is -1.86. The van der Waals surface area contributed by atoms with Crippen molar-refractivity contribution in [1.82, 2.24) is 9.55 Å². The van der Waals surface area contributed by atoms with Gasteiger partial charge >= 0.3 is 0 Å². The maximum absolute atomic E-state index is 13.3. The van der Waals surface area contributed by atoms with Gasteiger partial charge in [-0.2, -0.15) is 0 Å². The molecule has 8 heteroatoms. The highest BCUT2D eigenvalue weighted by Crippen LogP contribution is 2.29. The second kappa shape index (κ2) is 10.6.